The van der Waals surface area contributed by atoms with E-state index in [1.807, 2.05) is 0 Å². The number of carboxylic acid groups (broad SMARTS) is 1. The van der Waals surface area contributed by atoms with Crippen LogP contribution in [0, 0.1) is 11.8 Å². The number of aliphatic hydroxyl groups excluding tert-OH is 1. The number of aliphatic carboxylic acids is 1. The fourth-order valence-electron chi connectivity index (χ4n) is 0.558. The van der Waals surface area contributed by atoms with Gasteiger partial charge in [0, 0.05) is 11.9 Å². The van der Waals surface area contributed by atoms with Crippen LogP contribution in [0.2, 0.25) is 0 Å². The number of carboxylic acids is 1. The van der Waals surface area contributed by atoms with Crippen LogP contribution in [0.5, 0.6) is 0 Å². The Morgan fingerprint density at radius 1 is 1.67 bits per heavy atom. The third kappa shape index (κ3) is 2.46. The number of hydrogen-bond donors (Lipinski definition) is 1. The average Bonchev–Trinajstić information content (AvgIpc) is 1.64. The molecule has 1 N–H and O–H groups in total. The molecule has 0 aliphatic rings. The van der Waals surface area contributed by atoms with E-state index in [1.54, 1.807) is 13.8 Å². The van der Waals surface area contributed by atoms with Crippen molar-refractivity contribution in [2.24, 2.45) is 11.8 Å². The summed E-state index contributed by atoms with van der Waals surface area (Å²) in [5.74, 6) is -1.95. The molecule has 0 aliphatic carbocycles. The van der Waals surface area contributed by atoms with Gasteiger partial charge in [-0.2, -0.15) is 0 Å². The molecule has 0 amide bonds. The van der Waals surface area contributed by atoms with Gasteiger partial charge in [0.1, 0.15) is 0 Å². The Balaban J connectivity index is 3.83. The van der Waals surface area contributed by atoms with Gasteiger partial charge >= 0.3 is 0 Å². The summed E-state index contributed by atoms with van der Waals surface area (Å²) >= 11 is 0. The van der Waals surface area contributed by atoms with Gasteiger partial charge in [0.05, 0.1) is 6.61 Å². The lowest BCUT2D eigenvalue weighted by Gasteiger charge is -2.18. The Morgan fingerprint density at radius 3 is 2.11 bits per heavy atom. The van der Waals surface area contributed by atoms with Crippen LogP contribution in [0.1, 0.15) is 13.8 Å². The fourth-order valence-corrected chi connectivity index (χ4v) is 0.558. The smallest absolute Gasteiger partial charge is 0.0514 e. The molecule has 0 saturated heterocycles. The van der Waals surface area contributed by atoms with Gasteiger partial charge in [-0.25, -0.2) is 0 Å². The van der Waals surface area contributed by atoms with E-state index in [4.69, 9.17) is 5.11 Å². The van der Waals surface area contributed by atoms with Crippen LogP contribution in [-0.2, 0) is 4.79 Å². The van der Waals surface area contributed by atoms with E-state index in [2.05, 4.69) is 0 Å². The molecule has 1 atom stereocenters. The number of rotatable bonds is 3. The predicted octanol–water partition coefficient (Wildman–Crippen LogP) is -0.999. The molecule has 9 heavy (non-hydrogen) atoms. The topological polar surface area (TPSA) is 60.4 Å². The molecule has 0 fully saturated rings. The number of hydrogen-bond acceptors (Lipinski definition) is 3. The lowest BCUT2D eigenvalue weighted by molar-refractivity contribution is -0.314. The van der Waals surface area contributed by atoms with Crippen molar-refractivity contribution in [2.45, 2.75) is 13.8 Å². The third-order valence-corrected chi connectivity index (χ3v) is 1.30. The summed E-state index contributed by atoms with van der Waals surface area (Å²) < 4.78 is 0. The predicted molar refractivity (Wildman–Crippen MR) is 30.4 cm³/mol. The van der Waals surface area contributed by atoms with Crippen LogP contribution in [-0.4, -0.2) is 17.7 Å². The maximum absolute atomic E-state index is 10.1. The Hall–Kier alpha value is -0.570. The lowest BCUT2D eigenvalue weighted by Crippen LogP contribution is -2.36. The zero-order valence-electron chi connectivity index (χ0n) is 5.63. The van der Waals surface area contributed by atoms with Gasteiger partial charge in [-0.1, -0.05) is 13.8 Å². The molecule has 0 aromatic heterocycles. The molecule has 54 valence electrons. The van der Waals surface area contributed by atoms with Crippen molar-refractivity contribution in [3.8, 4) is 0 Å². The number of carbonyl (C=O) groups excluding carboxylic acids is 1. The molecular formula is C6H11O3-. The number of carbonyl (C=O) groups is 1. The monoisotopic (exact) mass is 131 g/mol. The molecule has 0 saturated carbocycles. The molecular weight excluding hydrogens is 120 g/mol. The van der Waals surface area contributed by atoms with Crippen molar-refractivity contribution in [1.29, 1.82) is 0 Å². The quantitative estimate of drug-likeness (QED) is 0.534. The second-order valence-corrected chi connectivity index (χ2v) is 2.35. The third-order valence-electron chi connectivity index (χ3n) is 1.30. The molecule has 0 unspecified atom stereocenters. The molecule has 0 heterocycles. The fraction of sp³-hybridized carbons (Fsp3) is 0.833. The highest BCUT2D eigenvalue weighted by Gasteiger charge is 2.11. The summed E-state index contributed by atoms with van der Waals surface area (Å²) in [5, 5.41) is 18.5. The summed E-state index contributed by atoms with van der Waals surface area (Å²) in [6, 6.07) is 0. The highest BCUT2D eigenvalue weighted by Crippen LogP contribution is 2.07. The van der Waals surface area contributed by atoms with Crippen LogP contribution in [0.25, 0.3) is 0 Å². The molecule has 0 aromatic carbocycles. The lowest BCUT2D eigenvalue weighted by atomic mass is 9.97. The normalized spacial score (nSPS) is 13.8. The molecule has 3 heteroatoms. The highest BCUT2D eigenvalue weighted by atomic mass is 16.4. The Bertz CT molecular complexity index is 98.5. The summed E-state index contributed by atoms with van der Waals surface area (Å²) in [6.45, 7) is 3.13. The first-order valence-electron chi connectivity index (χ1n) is 2.91. The van der Waals surface area contributed by atoms with E-state index >= 15 is 0 Å². The van der Waals surface area contributed by atoms with E-state index in [1.165, 1.54) is 0 Å². The van der Waals surface area contributed by atoms with Crippen LogP contribution in [0.4, 0.5) is 0 Å². The molecule has 0 spiro atoms. The molecule has 0 bridgehead atoms. The van der Waals surface area contributed by atoms with Crippen LogP contribution in [0.3, 0.4) is 0 Å². The first-order valence-corrected chi connectivity index (χ1v) is 2.91. The van der Waals surface area contributed by atoms with Crippen LogP contribution >= 0.6 is 0 Å². The molecule has 0 aromatic rings. The maximum Gasteiger partial charge on any atom is 0.0514 e. The van der Waals surface area contributed by atoms with Crippen molar-refractivity contribution in [3.63, 3.8) is 0 Å². The van der Waals surface area contributed by atoms with Gasteiger partial charge in [0.2, 0.25) is 0 Å². The van der Waals surface area contributed by atoms with Crippen molar-refractivity contribution < 1.29 is 15.0 Å². The first-order chi connectivity index (χ1) is 4.09. The van der Waals surface area contributed by atoms with Crippen molar-refractivity contribution >= 4 is 5.97 Å². The summed E-state index contributed by atoms with van der Waals surface area (Å²) in [5.41, 5.74) is 0. The molecule has 3 nitrogen and oxygen atoms in total. The summed E-state index contributed by atoms with van der Waals surface area (Å²) in [4.78, 5) is 10.1. The highest BCUT2D eigenvalue weighted by molar-refractivity contribution is 5.67. The summed E-state index contributed by atoms with van der Waals surface area (Å²) in [6.07, 6.45) is 0. The zero-order valence-corrected chi connectivity index (χ0v) is 5.63. The minimum absolute atomic E-state index is 0.0556. The molecule has 0 radical (unpaired) electrons. The maximum atomic E-state index is 10.1. The second kappa shape index (κ2) is 3.45. The molecule has 0 aliphatic heterocycles. The van der Waals surface area contributed by atoms with Gasteiger partial charge < -0.3 is 15.0 Å². The van der Waals surface area contributed by atoms with Gasteiger partial charge in [0.25, 0.3) is 0 Å². The van der Waals surface area contributed by atoms with E-state index in [9.17, 15) is 9.90 Å². The van der Waals surface area contributed by atoms with E-state index in [0.717, 1.165) is 0 Å². The van der Waals surface area contributed by atoms with E-state index < -0.39 is 11.9 Å². The van der Waals surface area contributed by atoms with Crippen molar-refractivity contribution in [2.75, 3.05) is 6.61 Å². The van der Waals surface area contributed by atoms with Gasteiger partial charge in [-0.05, 0) is 5.92 Å². The van der Waals surface area contributed by atoms with Gasteiger partial charge in [-0.15, -0.1) is 0 Å². The second-order valence-electron chi connectivity index (χ2n) is 2.35. The minimum Gasteiger partial charge on any atom is -0.550 e. The standard InChI is InChI=1S/C6H12O3/c1-4(2)5(3-7)6(8)9/h4-5,7H,3H2,1-2H3,(H,8,9)/p-1/t5-/m1/s1. The minimum atomic E-state index is -1.17. The van der Waals surface area contributed by atoms with Crippen LogP contribution in [0.15, 0.2) is 0 Å². The van der Waals surface area contributed by atoms with Crippen molar-refractivity contribution in [3.05, 3.63) is 0 Å². The van der Waals surface area contributed by atoms with Crippen molar-refractivity contribution in [1.82, 2.24) is 0 Å². The SMILES string of the molecule is CC(C)[C@@H](CO)C(=O)[O-]. The first kappa shape index (κ1) is 8.43. The van der Waals surface area contributed by atoms with E-state index in [-0.39, 0.29) is 12.5 Å². The molecule has 0 rings (SSSR count). The van der Waals surface area contributed by atoms with Gasteiger partial charge in [0.15, 0.2) is 0 Å². The largest absolute Gasteiger partial charge is 0.550 e. The zero-order chi connectivity index (χ0) is 7.44. The van der Waals surface area contributed by atoms with E-state index in [0.29, 0.717) is 0 Å². The average molecular weight is 131 g/mol. The Labute approximate surface area is 54.3 Å². The Morgan fingerprint density at radius 2 is 2.11 bits per heavy atom. The Kier molecular flexibility index (Phi) is 3.24. The number of aliphatic hydroxyl groups is 1. The van der Waals surface area contributed by atoms with Gasteiger partial charge in [-0.3, -0.25) is 0 Å². The van der Waals surface area contributed by atoms with Crippen LogP contribution < -0.4 is 5.11 Å². The summed E-state index contributed by atoms with van der Waals surface area (Å²) in [7, 11) is 0.